The van der Waals surface area contributed by atoms with Gasteiger partial charge in [0.1, 0.15) is 0 Å². The third-order valence-electron chi connectivity index (χ3n) is 1.53. The van der Waals surface area contributed by atoms with E-state index in [2.05, 4.69) is 4.98 Å². The number of carbonyl (C=O) groups is 1. The van der Waals surface area contributed by atoms with E-state index in [9.17, 15) is 9.59 Å². The minimum atomic E-state index is -0.867. The predicted octanol–water partition coefficient (Wildman–Crippen LogP) is -0.145. The molecule has 0 atom stereocenters. The molecular weight excluding hydrogens is 196 g/mol. The van der Waals surface area contributed by atoms with Gasteiger partial charge in [-0.2, -0.15) is 9.67 Å². The van der Waals surface area contributed by atoms with Gasteiger partial charge in [0, 0.05) is 21.1 Å². The first-order valence-electron chi connectivity index (χ1n) is 3.48. The summed E-state index contributed by atoms with van der Waals surface area (Å²) in [4.78, 5) is 27.1. The van der Waals surface area contributed by atoms with Crippen molar-refractivity contribution in [3.63, 3.8) is 0 Å². The van der Waals surface area contributed by atoms with Crippen LogP contribution in [0.5, 0.6) is 0 Å². The molecule has 1 rings (SSSR count). The summed E-state index contributed by atoms with van der Waals surface area (Å²) in [5, 5.41) is -0.867. The third kappa shape index (κ3) is 1.57. The Morgan fingerprint density at radius 1 is 1.54 bits per heavy atom. The summed E-state index contributed by atoms with van der Waals surface area (Å²) in [6, 6.07) is 0. The number of hydrogen-bond donors (Lipinski definition) is 0. The summed E-state index contributed by atoms with van der Waals surface area (Å²) < 4.78 is 2.04. The van der Waals surface area contributed by atoms with Crippen molar-refractivity contribution in [3.8, 4) is 0 Å². The number of carbonyl (C=O) groups excluding carboxylic acids is 1. The highest BCUT2D eigenvalue weighted by atomic mass is 35.5. The summed E-state index contributed by atoms with van der Waals surface area (Å²) >= 11 is 5.18. The van der Waals surface area contributed by atoms with Crippen molar-refractivity contribution in [1.29, 1.82) is 0 Å². The highest BCUT2D eigenvalue weighted by Crippen LogP contribution is 2.02. The molecule has 1 aromatic rings. The third-order valence-corrected chi connectivity index (χ3v) is 1.69. The van der Waals surface area contributed by atoms with E-state index in [4.69, 9.17) is 11.6 Å². The Hall–Kier alpha value is -1.30. The average Bonchev–Trinajstić information content (AvgIpc) is 2.26. The van der Waals surface area contributed by atoms with Gasteiger partial charge >= 0.3 is 11.1 Å². The second kappa shape index (κ2) is 3.21. The summed E-state index contributed by atoms with van der Waals surface area (Å²) in [6.45, 7) is 0. The maximum Gasteiger partial charge on any atom is 0.374 e. The van der Waals surface area contributed by atoms with E-state index in [1.165, 1.54) is 11.7 Å². The summed E-state index contributed by atoms with van der Waals surface area (Å²) in [6.07, 6.45) is 0. The quantitative estimate of drug-likeness (QED) is 0.598. The largest absolute Gasteiger partial charge is 0.374 e. The maximum absolute atomic E-state index is 11.1. The molecule has 0 N–H and O–H groups in total. The first kappa shape index (κ1) is 9.79. The van der Waals surface area contributed by atoms with Gasteiger partial charge in [-0.05, 0) is 11.6 Å². The molecule has 0 aliphatic carbocycles. The smallest absolute Gasteiger partial charge is 0.347 e. The van der Waals surface area contributed by atoms with Crippen LogP contribution in [-0.4, -0.2) is 33.8 Å². The topological polar surface area (TPSA) is 60.1 Å². The molecule has 0 saturated carbocycles. The molecule has 0 amide bonds. The molecule has 0 radical (unpaired) electrons. The molecule has 0 aromatic carbocycles. The number of hydrogen-bond acceptors (Lipinski definition) is 4. The van der Waals surface area contributed by atoms with Gasteiger partial charge < -0.3 is 4.90 Å². The summed E-state index contributed by atoms with van der Waals surface area (Å²) in [5.41, 5.74) is -0.675. The molecule has 6 nitrogen and oxygen atoms in total. The van der Waals surface area contributed by atoms with Crippen LogP contribution in [0.1, 0.15) is 0 Å². The zero-order valence-corrected chi connectivity index (χ0v) is 8.24. The predicted molar refractivity (Wildman–Crippen MR) is 48.4 cm³/mol. The Kier molecular flexibility index (Phi) is 2.42. The fourth-order valence-electron chi connectivity index (χ4n) is 1.01. The maximum atomic E-state index is 11.1. The first-order valence-corrected chi connectivity index (χ1v) is 3.86. The van der Waals surface area contributed by atoms with Crippen molar-refractivity contribution >= 4 is 22.9 Å². The van der Waals surface area contributed by atoms with Crippen molar-refractivity contribution in [2.75, 3.05) is 19.0 Å². The van der Waals surface area contributed by atoms with E-state index in [1.807, 2.05) is 0 Å². The molecule has 0 aliphatic heterocycles. The highest BCUT2D eigenvalue weighted by molar-refractivity contribution is 6.63. The second-order valence-electron chi connectivity index (χ2n) is 2.68. The minimum absolute atomic E-state index is 0.374. The second-order valence-corrected chi connectivity index (χ2v) is 3.00. The Morgan fingerprint density at radius 3 is 2.31 bits per heavy atom. The number of aromatic nitrogens is 3. The lowest BCUT2D eigenvalue weighted by molar-refractivity contribution is 0.255. The fraction of sp³-hybridized carbons (Fsp3) is 0.500. The van der Waals surface area contributed by atoms with Gasteiger partial charge in [0.2, 0.25) is 5.95 Å². The van der Waals surface area contributed by atoms with Crippen molar-refractivity contribution in [2.45, 2.75) is 0 Å². The standard InChI is InChI=1S/C6H9ClN4O2/c1-9(2)5-8-6(13)11(4(7)12)10(5)3/h1-3H3. The normalized spacial score (nSPS) is 10.2. The van der Waals surface area contributed by atoms with E-state index in [0.717, 1.165) is 4.68 Å². The Bertz CT molecular complexity index is 392. The fourth-order valence-corrected chi connectivity index (χ4v) is 1.19. The van der Waals surface area contributed by atoms with Gasteiger partial charge in [-0.1, -0.05) is 0 Å². The van der Waals surface area contributed by atoms with Gasteiger partial charge in [0.15, 0.2) is 0 Å². The molecule has 1 heterocycles. The van der Waals surface area contributed by atoms with Gasteiger partial charge in [-0.15, -0.1) is 0 Å². The molecule has 72 valence electrons. The molecule has 13 heavy (non-hydrogen) atoms. The highest BCUT2D eigenvalue weighted by Gasteiger charge is 2.14. The number of halogens is 1. The lowest BCUT2D eigenvalue weighted by Crippen LogP contribution is -2.25. The van der Waals surface area contributed by atoms with Crippen LogP contribution in [-0.2, 0) is 7.05 Å². The molecule has 0 spiro atoms. The van der Waals surface area contributed by atoms with Gasteiger partial charge in [0.25, 0.3) is 0 Å². The Labute approximate surface area is 79.3 Å². The van der Waals surface area contributed by atoms with E-state index < -0.39 is 11.1 Å². The zero-order chi connectivity index (χ0) is 10.2. The lowest BCUT2D eigenvalue weighted by Gasteiger charge is -2.10. The molecule has 0 aliphatic rings. The molecular formula is C6H9ClN4O2. The van der Waals surface area contributed by atoms with E-state index in [-0.39, 0.29) is 0 Å². The van der Waals surface area contributed by atoms with Crippen LogP contribution >= 0.6 is 11.6 Å². The van der Waals surface area contributed by atoms with Crippen LogP contribution < -0.4 is 10.6 Å². The molecule has 0 fully saturated rings. The van der Waals surface area contributed by atoms with Crippen LogP contribution in [0.15, 0.2) is 4.79 Å². The SMILES string of the molecule is CN(C)c1nc(=O)n(C(=O)Cl)n1C. The van der Waals surface area contributed by atoms with Crippen molar-refractivity contribution in [1.82, 2.24) is 14.3 Å². The van der Waals surface area contributed by atoms with Crippen LogP contribution in [0, 0.1) is 0 Å². The lowest BCUT2D eigenvalue weighted by atomic mass is 10.8. The van der Waals surface area contributed by atoms with Crippen molar-refractivity contribution in [2.24, 2.45) is 7.05 Å². The molecule has 0 saturated heterocycles. The van der Waals surface area contributed by atoms with Crippen LogP contribution in [0.3, 0.4) is 0 Å². The Balaban J connectivity index is 3.39. The van der Waals surface area contributed by atoms with E-state index in [0.29, 0.717) is 5.95 Å². The van der Waals surface area contributed by atoms with Gasteiger partial charge in [-0.25, -0.2) is 9.48 Å². The number of nitrogens with zero attached hydrogens (tertiary/aromatic N) is 4. The van der Waals surface area contributed by atoms with Crippen molar-refractivity contribution in [3.05, 3.63) is 10.5 Å². The Morgan fingerprint density at radius 2 is 2.08 bits per heavy atom. The molecule has 7 heteroatoms. The number of rotatable bonds is 1. The van der Waals surface area contributed by atoms with E-state index in [1.54, 1.807) is 19.0 Å². The van der Waals surface area contributed by atoms with E-state index >= 15 is 0 Å². The van der Waals surface area contributed by atoms with Crippen LogP contribution in [0.25, 0.3) is 0 Å². The first-order chi connectivity index (χ1) is 5.95. The van der Waals surface area contributed by atoms with Gasteiger partial charge in [0.05, 0.1) is 0 Å². The zero-order valence-electron chi connectivity index (χ0n) is 7.48. The minimum Gasteiger partial charge on any atom is -0.347 e. The number of anilines is 1. The average molecular weight is 205 g/mol. The monoisotopic (exact) mass is 204 g/mol. The van der Waals surface area contributed by atoms with Crippen molar-refractivity contribution < 1.29 is 4.79 Å². The molecule has 1 aromatic heterocycles. The van der Waals surface area contributed by atoms with Crippen LogP contribution in [0.2, 0.25) is 0 Å². The molecule has 0 bridgehead atoms. The summed E-state index contributed by atoms with van der Waals surface area (Å²) in [5.74, 6) is 0.374. The summed E-state index contributed by atoms with van der Waals surface area (Å²) in [7, 11) is 4.96. The van der Waals surface area contributed by atoms with Crippen LogP contribution in [0.4, 0.5) is 10.7 Å². The molecule has 0 unspecified atom stereocenters. The van der Waals surface area contributed by atoms with Gasteiger partial charge in [-0.3, -0.25) is 4.79 Å².